The van der Waals surface area contributed by atoms with Crippen molar-refractivity contribution in [1.82, 2.24) is 0 Å². The first-order valence-electron chi connectivity index (χ1n) is 33.5. The molecule has 1 unspecified atom stereocenters. The molecule has 440 valence electrons. The van der Waals surface area contributed by atoms with Gasteiger partial charge >= 0.3 is 17.9 Å². The molecule has 0 rings (SSSR count). The van der Waals surface area contributed by atoms with Crippen LogP contribution in [0.1, 0.15) is 367 Å². The van der Waals surface area contributed by atoms with E-state index in [4.69, 9.17) is 14.2 Å². The van der Waals surface area contributed by atoms with Gasteiger partial charge in [0.2, 0.25) is 0 Å². The minimum absolute atomic E-state index is 0.0741. The quantitative estimate of drug-likeness (QED) is 0.0261. The zero-order chi connectivity index (χ0) is 54.3. The number of carbonyl (C=O) groups is 3. The van der Waals surface area contributed by atoms with E-state index in [1.807, 2.05) is 0 Å². The van der Waals surface area contributed by atoms with Crippen LogP contribution in [-0.2, 0) is 28.6 Å². The standard InChI is InChI=1S/C69H128O6/c1-4-7-10-13-16-19-22-25-28-31-33-34-35-36-37-39-41-44-47-50-53-56-59-62-68(71)74-65-66(64-73-67(70)61-58-55-52-49-46-43-40-30-27-24-21-18-15-12-9-6-3)75-69(72)63-60-57-54-51-48-45-42-38-32-29-26-23-20-17-14-11-8-5-2/h21,24,29-30,32,40,66H,4-20,22-23,25-28,31,33-39,41-65H2,1-3H3/b24-21-,32-29-,40-30-. The van der Waals surface area contributed by atoms with E-state index in [1.54, 1.807) is 0 Å². The monoisotopic (exact) mass is 1050 g/mol. The number of ether oxygens (including phenoxy) is 3. The van der Waals surface area contributed by atoms with Crippen LogP contribution in [0, 0.1) is 0 Å². The lowest BCUT2D eigenvalue weighted by atomic mass is 10.0. The molecule has 6 nitrogen and oxygen atoms in total. The van der Waals surface area contributed by atoms with Gasteiger partial charge in [-0.3, -0.25) is 14.4 Å². The summed E-state index contributed by atoms with van der Waals surface area (Å²) in [5.74, 6) is -0.867. The van der Waals surface area contributed by atoms with Gasteiger partial charge in [0.25, 0.3) is 0 Å². The smallest absolute Gasteiger partial charge is 0.306 e. The number of hydrogen-bond acceptors (Lipinski definition) is 6. The predicted octanol–water partition coefficient (Wildman–Crippen LogP) is 22.8. The SMILES string of the molecule is CCCCCC/C=C\C/C=C\CCCCCCCC(=O)OCC(COC(=O)CCCCCCCCCCCCCCCCCCCCCCCCC)OC(=O)CCCCCCCCC/C=C\CCCCCCCCC. The van der Waals surface area contributed by atoms with Crippen LogP contribution in [0.5, 0.6) is 0 Å². The van der Waals surface area contributed by atoms with Crippen molar-refractivity contribution in [3.05, 3.63) is 36.5 Å². The van der Waals surface area contributed by atoms with Gasteiger partial charge in [0.15, 0.2) is 6.10 Å². The van der Waals surface area contributed by atoms with Gasteiger partial charge in [0.05, 0.1) is 0 Å². The third-order valence-corrected chi connectivity index (χ3v) is 15.1. The normalized spacial score (nSPS) is 12.2. The maximum absolute atomic E-state index is 12.9. The molecular formula is C69H128O6. The lowest BCUT2D eigenvalue weighted by Crippen LogP contribution is -2.30. The van der Waals surface area contributed by atoms with E-state index in [0.717, 1.165) is 77.0 Å². The summed E-state index contributed by atoms with van der Waals surface area (Å²) >= 11 is 0. The third kappa shape index (κ3) is 62.4. The Kier molecular flexibility index (Phi) is 62.1. The van der Waals surface area contributed by atoms with Gasteiger partial charge < -0.3 is 14.2 Å². The van der Waals surface area contributed by atoms with E-state index < -0.39 is 6.10 Å². The Balaban J connectivity index is 4.31. The topological polar surface area (TPSA) is 78.9 Å². The Hall–Kier alpha value is -2.37. The maximum atomic E-state index is 12.9. The number of carbonyl (C=O) groups excluding carboxylic acids is 3. The van der Waals surface area contributed by atoms with E-state index in [0.29, 0.717) is 19.3 Å². The molecule has 0 saturated carbocycles. The Morgan fingerprint density at radius 3 is 0.760 bits per heavy atom. The molecule has 0 aromatic heterocycles. The van der Waals surface area contributed by atoms with Crippen molar-refractivity contribution in [2.75, 3.05) is 13.2 Å². The Morgan fingerprint density at radius 1 is 0.267 bits per heavy atom. The molecule has 0 aliphatic heterocycles. The van der Waals surface area contributed by atoms with Crippen molar-refractivity contribution in [1.29, 1.82) is 0 Å². The average molecular weight is 1050 g/mol. The minimum atomic E-state index is -0.779. The van der Waals surface area contributed by atoms with E-state index in [1.165, 1.54) is 250 Å². The molecule has 0 N–H and O–H groups in total. The summed E-state index contributed by atoms with van der Waals surface area (Å²) in [6.45, 7) is 6.67. The lowest BCUT2D eigenvalue weighted by molar-refractivity contribution is -0.167. The van der Waals surface area contributed by atoms with Crippen LogP contribution in [0.15, 0.2) is 36.5 Å². The Morgan fingerprint density at radius 2 is 0.480 bits per heavy atom. The van der Waals surface area contributed by atoms with E-state index >= 15 is 0 Å². The molecule has 0 amide bonds. The molecule has 0 spiro atoms. The number of esters is 3. The van der Waals surface area contributed by atoms with Gasteiger partial charge in [0.1, 0.15) is 13.2 Å². The number of allylic oxidation sites excluding steroid dienone is 6. The summed E-state index contributed by atoms with van der Waals surface area (Å²) in [7, 11) is 0. The number of rotatable bonds is 62. The van der Waals surface area contributed by atoms with Crippen LogP contribution in [0.2, 0.25) is 0 Å². The van der Waals surface area contributed by atoms with Crippen LogP contribution in [0.25, 0.3) is 0 Å². The highest BCUT2D eigenvalue weighted by Crippen LogP contribution is 2.18. The molecule has 0 aliphatic carbocycles. The molecule has 0 aliphatic rings. The van der Waals surface area contributed by atoms with Crippen LogP contribution >= 0.6 is 0 Å². The Labute approximate surface area is 467 Å². The van der Waals surface area contributed by atoms with Crippen molar-refractivity contribution in [3.8, 4) is 0 Å². The van der Waals surface area contributed by atoms with Crippen LogP contribution in [0.3, 0.4) is 0 Å². The molecule has 0 fully saturated rings. The van der Waals surface area contributed by atoms with Gasteiger partial charge in [-0.15, -0.1) is 0 Å². The van der Waals surface area contributed by atoms with Crippen molar-refractivity contribution in [2.45, 2.75) is 374 Å². The molecule has 6 heteroatoms. The summed E-state index contributed by atoms with van der Waals surface area (Å²) in [6, 6.07) is 0. The first-order valence-corrected chi connectivity index (χ1v) is 33.5. The van der Waals surface area contributed by atoms with Crippen molar-refractivity contribution in [2.24, 2.45) is 0 Å². The molecule has 0 radical (unpaired) electrons. The molecule has 0 bridgehead atoms. The van der Waals surface area contributed by atoms with Crippen molar-refractivity contribution in [3.63, 3.8) is 0 Å². The van der Waals surface area contributed by atoms with Crippen molar-refractivity contribution < 1.29 is 28.6 Å². The second-order valence-corrected chi connectivity index (χ2v) is 22.7. The zero-order valence-electron chi connectivity index (χ0n) is 50.6. The molecule has 1 atom stereocenters. The van der Waals surface area contributed by atoms with Gasteiger partial charge in [0, 0.05) is 19.3 Å². The molecule has 0 aromatic carbocycles. The summed E-state index contributed by atoms with van der Waals surface area (Å²) in [6.07, 6.45) is 78.7. The first kappa shape index (κ1) is 72.6. The Bertz CT molecular complexity index is 1250. The molecular weight excluding hydrogens is 925 g/mol. The summed E-state index contributed by atoms with van der Waals surface area (Å²) in [4.78, 5) is 38.4. The third-order valence-electron chi connectivity index (χ3n) is 15.1. The maximum Gasteiger partial charge on any atom is 0.306 e. The fourth-order valence-electron chi connectivity index (χ4n) is 10.1. The van der Waals surface area contributed by atoms with Gasteiger partial charge in [-0.05, 0) is 77.0 Å². The fraction of sp³-hybridized carbons (Fsp3) is 0.870. The summed E-state index contributed by atoms with van der Waals surface area (Å²) in [5.41, 5.74) is 0. The zero-order valence-corrected chi connectivity index (χ0v) is 50.6. The largest absolute Gasteiger partial charge is 0.462 e. The second-order valence-electron chi connectivity index (χ2n) is 22.7. The predicted molar refractivity (Wildman–Crippen MR) is 326 cm³/mol. The highest BCUT2D eigenvalue weighted by atomic mass is 16.6. The van der Waals surface area contributed by atoms with Gasteiger partial charge in [-0.2, -0.15) is 0 Å². The molecule has 0 aromatic rings. The van der Waals surface area contributed by atoms with Crippen LogP contribution in [-0.4, -0.2) is 37.2 Å². The van der Waals surface area contributed by atoms with E-state index in [-0.39, 0.29) is 31.1 Å². The van der Waals surface area contributed by atoms with Gasteiger partial charge in [-0.1, -0.05) is 308 Å². The minimum Gasteiger partial charge on any atom is -0.462 e. The summed E-state index contributed by atoms with van der Waals surface area (Å²) in [5, 5.41) is 0. The highest BCUT2D eigenvalue weighted by Gasteiger charge is 2.19. The van der Waals surface area contributed by atoms with Gasteiger partial charge in [-0.25, -0.2) is 0 Å². The fourth-order valence-corrected chi connectivity index (χ4v) is 10.1. The molecule has 0 saturated heterocycles. The van der Waals surface area contributed by atoms with E-state index in [9.17, 15) is 14.4 Å². The lowest BCUT2D eigenvalue weighted by Gasteiger charge is -2.18. The van der Waals surface area contributed by atoms with Crippen molar-refractivity contribution >= 4 is 17.9 Å². The van der Waals surface area contributed by atoms with Crippen LogP contribution in [0.4, 0.5) is 0 Å². The molecule has 0 heterocycles. The molecule has 75 heavy (non-hydrogen) atoms. The van der Waals surface area contributed by atoms with E-state index in [2.05, 4.69) is 57.2 Å². The second kappa shape index (κ2) is 64.2. The van der Waals surface area contributed by atoms with Crippen LogP contribution < -0.4 is 0 Å². The highest BCUT2D eigenvalue weighted by molar-refractivity contribution is 5.71. The number of unbranched alkanes of at least 4 members (excludes halogenated alkanes) is 45. The number of hydrogen-bond donors (Lipinski definition) is 0. The summed E-state index contributed by atoms with van der Waals surface area (Å²) < 4.78 is 17.0. The average Bonchev–Trinajstić information content (AvgIpc) is 3.41. The first-order chi connectivity index (χ1) is 37.0.